The van der Waals surface area contributed by atoms with E-state index in [0.29, 0.717) is 6.54 Å². The molecule has 4 heteroatoms. The van der Waals surface area contributed by atoms with E-state index in [9.17, 15) is 5.11 Å². The number of aryl methyl sites for hydroxylation is 1. The van der Waals surface area contributed by atoms with Crippen molar-refractivity contribution in [3.63, 3.8) is 0 Å². The summed E-state index contributed by atoms with van der Waals surface area (Å²) < 4.78 is 10.7. The molecule has 1 atom stereocenters. The molecule has 0 aromatic heterocycles. The molecule has 3 aromatic rings. The first-order chi connectivity index (χ1) is 15.1. The van der Waals surface area contributed by atoms with Gasteiger partial charge in [0, 0.05) is 12.5 Å². The molecule has 0 saturated heterocycles. The van der Waals surface area contributed by atoms with Gasteiger partial charge in [0.1, 0.15) is 5.60 Å². The SMILES string of the molecule is COc1ccc(CCCNCC(C)C(O)(c2ccccc2)c2ccccc2)cc1OC. The number of rotatable bonds is 11. The third-order valence-corrected chi connectivity index (χ3v) is 5.86. The summed E-state index contributed by atoms with van der Waals surface area (Å²) in [5, 5.41) is 15.3. The largest absolute Gasteiger partial charge is 0.493 e. The zero-order chi connectivity index (χ0) is 22.1. The van der Waals surface area contributed by atoms with Gasteiger partial charge in [-0.05, 0) is 48.2 Å². The van der Waals surface area contributed by atoms with Crippen LogP contribution in [0.2, 0.25) is 0 Å². The van der Waals surface area contributed by atoms with E-state index in [4.69, 9.17) is 9.47 Å². The lowest BCUT2D eigenvalue weighted by atomic mass is 9.77. The Hall–Kier alpha value is -2.82. The van der Waals surface area contributed by atoms with Crippen LogP contribution in [0.15, 0.2) is 78.9 Å². The zero-order valence-corrected chi connectivity index (χ0v) is 18.7. The van der Waals surface area contributed by atoms with E-state index in [-0.39, 0.29) is 5.92 Å². The van der Waals surface area contributed by atoms with Crippen LogP contribution in [0.5, 0.6) is 11.5 Å². The molecule has 0 aliphatic heterocycles. The van der Waals surface area contributed by atoms with Crippen molar-refractivity contribution in [2.75, 3.05) is 27.3 Å². The van der Waals surface area contributed by atoms with Crippen LogP contribution in [0.3, 0.4) is 0 Å². The minimum atomic E-state index is -1.04. The van der Waals surface area contributed by atoms with Gasteiger partial charge in [0.05, 0.1) is 14.2 Å². The van der Waals surface area contributed by atoms with Gasteiger partial charge in [0.15, 0.2) is 11.5 Å². The third kappa shape index (κ3) is 5.46. The molecule has 0 amide bonds. The van der Waals surface area contributed by atoms with Crippen molar-refractivity contribution in [1.82, 2.24) is 5.32 Å². The molecule has 0 bridgehead atoms. The monoisotopic (exact) mass is 419 g/mol. The van der Waals surface area contributed by atoms with E-state index in [1.807, 2.05) is 72.8 Å². The molecule has 4 nitrogen and oxygen atoms in total. The molecule has 0 spiro atoms. The number of hydrogen-bond donors (Lipinski definition) is 2. The number of hydrogen-bond acceptors (Lipinski definition) is 4. The fourth-order valence-electron chi connectivity index (χ4n) is 4.04. The van der Waals surface area contributed by atoms with E-state index in [1.165, 1.54) is 5.56 Å². The Morgan fingerprint density at radius 1 is 0.839 bits per heavy atom. The second kappa shape index (κ2) is 11.0. The number of aliphatic hydroxyl groups is 1. The summed E-state index contributed by atoms with van der Waals surface area (Å²) in [7, 11) is 3.31. The Labute approximate surface area is 185 Å². The van der Waals surface area contributed by atoms with E-state index in [2.05, 4.69) is 18.3 Å². The molecule has 3 aromatic carbocycles. The van der Waals surface area contributed by atoms with E-state index < -0.39 is 5.60 Å². The summed E-state index contributed by atoms with van der Waals surface area (Å²) in [4.78, 5) is 0. The first-order valence-electron chi connectivity index (χ1n) is 10.8. The Bertz CT molecular complexity index is 888. The van der Waals surface area contributed by atoms with Crippen LogP contribution >= 0.6 is 0 Å². The molecular formula is C27H33NO3. The van der Waals surface area contributed by atoms with E-state index in [1.54, 1.807) is 14.2 Å². The fraction of sp³-hybridized carbons (Fsp3) is 0.333. The Balaban J connectivity index is 1.59. The maximum atomic E-state index is 11.8. The highest BCUT2D eigenvalue weighted by Crippen LogP contribution is 2.36. The zero-order valence-electron chi connectivity index (χ0n) is 18.7. The van der Waals surface area contributed by atoms with Gasteiger partial charge in [-0.3, -0.25) is 0 Å². The van der Waals surface area contributed by atoms with Crippen LogP contribution in [0.25, 0.3) is 0 Å². The lowest BCUT2D eigenvalue weighted by Gasteiger charge is -2.35. The molecule has 3 rings (SSSR count). The van der Waals surface area contributed by atoms with Gasteiger partial charge < -0.3 is 19.9 Å². The topological polar surface area (TPSA) is 50.7 Å². The van der Waals surface area contributed by atoms with Gasteiger partial charge in [0.25, 0.3) is 0 Å². The summed E-state index contributed by atoms with van der Waals surface area (Å²) >= 11 is 0. The molecule has 0 aliphatic carbocycles. The van der Waals surface area contributed by atoms with Crippen molar-refractivity contribution in [2.45, 2.75) is 25.4 Å². The maximum Gasteiger partial charge on any atom is 0.160 e. The van der Waals surface area contributed by atoms with Crippen molar-refractivity contribution >= 4 is 0 Å². The maximum absolute atomic E-state index is 11.8. The quantitative estimate of drug-likeness (QED) is 0.439. The van der Waals surface area contributed by atoms with Gasteiger partial charge in [-0.2, -0.15) is 0 Å². The predicted molar refractivity (Wildman–Crippen MR) is 126 cm³/mol. The van der Waals surface area contributed by atoms with Crippen LogP contribution in [0.4, 0.5) is 0 Å². The Morgan fingerprint density at radius 2 is 1.42 bits per heavy atom. The standard InChI is InChI=1S/C27H33NO3/c1-21(20-28-18-10-11-22-16-17-25(30-2)26(19-22)31-3)27(29,23-12-6-4-7-13-23)24-14-8-5-9-15-24/h4-9,12-17,19,21,28-29H,10-11,18,20H2,1-3H3. The lowest BCUT2D eigenvalue weighted by molar-refractivity contribution is 0.0241. The van der Waals surface area contributed by atoms with E-state index >= 15 is 0 Å². The van der Waals surface area contributed by atoms with Crippen LogP contribution in [-0.4, -0.2) is 32.4 Å². The second-order valence-corrected chi connectivity index (χ2v) is 7.90. The fourth-order valence-corrected chi connectivity index (χ4v) is 4.04. The highest BCUT2D eigenvalue weighted by Gasteiger charge is 2.37. The van der Waals surface area contributed by atoms with E-state index in [0.717, 1.165) is 42.0 Å². The van der Waals surface area contributed by atoms with Crippen LogP contribution in [0, 0.1) is 5.92 Å². The molecule has 0 heterocycles. The number of nitrogens with one attached hydrogen (secondary N) is 1. The van der Waals surface area contributed by atoms with Gasteiger partial charge in [-0.25, -0.2) is 0 Å². The molecule has 0 aliphatic rings. The molecule has 0 fully saturated rings. The molecule has 0 saturated carbocycles. The van der Waals surface area contributed by atoms with Crippen LogP contribution in [-0.2, 0) is 12.0 Å². The van der Waals surface area contributed by atoms with Crippen LogP contribution < -0.4 is 14.8 Å². The smallest absolute Gasteiger partial charge is 0.160 e. The van der Waals surface area contributed by atoms with Gasteiger partial charge in [-0.15, -0.1) is 0 Å². The average Bonchev–Trinajstić information content (AvgIpc) is 2.84. The normalized spacial score (nSPS) is 12.4. The molecular weight excluding hydrogens is 386 g/mol. The average molecular weight is 420 g/mol. The predicted octanol–water partition coefficient (Wildman–Crippen LogP) is 4.80. The summed E-state index contributed by atoms with van der Waals surface area (Å²) in [5.41, 5.74) is 2.01. The highest BCUT2D eigenvalue weighted by atomic mass is 16.5. The summed E-state index contributed by atoms with van der Waals surface area (Å²) in [6, 6.07) is 25.9. The number of ether oxygens (including phenoxy) is 2. The lowest BCUT2D eigenvalue weighted by Crippen LogP contribution is -2.40. The van der Waals surface area contributed by atoms with Crippen molar-refractivity contribution in [2.24, 2.45) is 5.92 Å². The first-order valence-corrected chi connectivity index (χ1v) is 10.8. The Morgan fingerprint density at radius 3 is 1.97 bits per heavy atom. The van der Waals surface area contributed by atoms with Crippen molar-refractivity contribution in [3.05, 3.63) is 95.6 Å². The van der Waals surface area contributed by atoms with Crippen molar-refractivity contribution < 1.29 is 14.6 Å². The van der Waals surface area contributed by atoms with Gasteiger partial charge in [-0.1, -0.05) is 73.7 Å². The van der Waals surface area contributed by atoms with Crippen molar-refractivity contribution in [3.8, 4) is 11.5 Å². The Kier molecular flexibility index (Phi) is 8.10. The second-order valence-electron chi connectivity index (χ2n) is 7.90. The minimum absolute atomic E-state index is 0.00150. The van der Waals surface area contributed by atoms with Crippen LogP contribution in [0.1, 0.15) is 30.0 Å². The molecule has 1 unspecified atom stereocenters. The molecule has 31 heavy (non-hydrogen) atoms. The minimum Gasteiger partial charge on any atom is -0.493 e. The molecule has 2 N–H and O–H groups in total. The van der Waals surface area contributed by atoms with Gasteiger partial charge in [0.2, 0.25) is 0 Å². The number of benzene rings is 3. The summed E-state index contributed by atoms with van der Waals surface area (Å²) in [6.07, 6.45) is 1.95. The highest BCUT2D eigenvalue weighted by molar-refractivity contribution is 5.43. The first kappa shape index (κ1) is 22.9. The molecule has 0 radical (unpaired) electrons. The number of methoxy groups -OCH3 is 2. The summed E-state index contributed by atoms with van der Waals surface area (Å²) in [5.74, 6) is 1.51. The summed E-state index contributed by atoms with van der Waals surface area (Å²) in [6.45, 7) is 3.69. The molecule has 164 valence electrons. The van der Waals surface area contributed by atoms with Gasteiger partial charge >= 0.3 is 0 Å². The van der Waals surface area contributed by atoms with Crippen molar-refractivity contribution in [1.29, 1.82) is 0 Å². The third-order valence-electron chi connectivity index (χ3n) is 5.86.